The molecule has 0 aliphatic carbocycles. The molecule has 27 heavy (non-hydrogen) atoms. The van der Waals surface area contributed by atoms with Crippen molar-refractivity contribution in [1.82, 2.24) is 0 Å². The van der Waals surface area contributed by atoms with Crippen molar-refractivity contribution in [3.8, 4) is 17.6 Å². The standard InChI is InChI=1S/C19H14BrClN2O4/c1-11(24)27-18-16(20)7-12(8-17(18)26-2)6-13(10-22)19(25)23-15-5-3-4-14(21)9-15/h3-9H,1-2H3,(H,23,25)/b13-6+. The van der Waals surface area contributed by atoms with Crippen LogP contribution in [0.3, 0.4) is 0 Å². The second-order valence-electron chi connectivity index (χ2n) is 5.26. The average molecular weight is 450 g/mol. The van der Waals surface area contributed by atoms with Gasteiger partial charge in [-0.2, -0.15) is 5.26 Å². The van der Waals surface area contributed by atoms with E-state index in [9.17, 15) is 14.9 Å². The van der Waals surface area contributed by atoms with Gasteiger partial charge in [0.1, 0.15) is 11.6 Å². The zero-order valence-corrected chi connectivity index (χ0v) is 16.7. The van der Waals surface area contributed by atoms with E-state index >= 15 is 0 Å². The highest BCUT2D eigenvalue weighted by Crippen LogP contribution is 2.37. The monoisotopic (exact) mass is 448 g/mol. The minimum Gasteiger partial charge on any atom is -0.493 e. The first-order valence-corrected chi connectivity index (χ1v) is 8.75. The van der Waals surface area contributed by atoms with Crippen molar-refractivity contribution in [1.29, 1.82) is 5.26 Å². The molecule has 0 bridgehead atoms. The summed E-state index contributed by atoms with van der Waals surface area (Å²) in [4.78, 5) is 23.6. The molecule has 0 aliphatic rings. The summed E-state index contributed by atoms with van der Waals surface area (Å²) in [6.07, 6.45) is 1.39. The summed E-state index contributed by atoms with van der Waals surface area (Å²) in [6, 6.07) is 11.6. The van der Waals surface area contributed by atoms with E-state index in [-0.39, 0.29) is 17.1 Å². The fourth-order valence-corrected chi connectivity index (χ4v) is 2.88. The van der Waals surface area contributed by atoms with Crippen LogP contribution in [0.5, 0.6) is 11.5 Å². The van der Waals surface area contributed by atoms with Gasteiger partial charge in [0.2, 0.25) is 0 Å². The Kier molecular flexibility index (Phi) is 6.99. The van der Waals surface area contributed by atoms with Gasteiger partial charge < -0.3 is 14.8 Å². The van der Waals surface area contributed by atoms with Gasteiger partial charge in [0.05, 0.1) is 11.6 Å². The van der Waals surface area contributed by atoms with E-state index in [1.807, 2.05) is 6.07 Å². The number of methoxy groups -OCH3 is 1. The molecule has 0 radical (unpaired) electrons. The Morgan fingerprint density at radius 3 is 2.63 bits per heavy atom. The second kappa shape index (κ2) is 9.21. The van der Waals surface area contributed by atoms with Crippen LogP contribution in [0.25, 0.3) is 6.08 Å². The Morgan fingerprint density at radius 2 is 2.04 bits per heavy atom. The number of benzene rings is 2. The summed E-state index contributed by atoms with van der Waals surface area (Å²) in [5.74, 6) is -0.600. The predicted octanol–water partition coefficient (Wildman–Crippen LogP) is 4.58. The normalized spacial score (nSPS) is 10.7. The highest BCUT2D eigenvalue weighted by molar-refractivity contribution is 9.10. The molecule has 0 fully saturated rings. The largest absolute Gasteiger partial charge is 0.493 e. The number of nitrogens with zero attached hydrogens (tertiary/aromatic N) is 1. The van der Waals surface area contributed by atoms with Crippen LogP contribution in [-0.2, 0) is 9.59 Å². The number of nitrogens with one attached hydrogen (secondary N) is 1. The molecule has 0 saturated heterocycles. The summed E-state index contributed by atoms with van der Waals surface area (Å²) >= 11 is 9.18. The lowest BCUT2D eigenvalue weighted by molar-refractivity contribution is -0.132. The zero-order valence-electron chi connectivity index (χ0n) is 14.4. The zero-order chi connectivity index (χ0) is 20.0. The van der Waals surface area contributed by atoms with Gasteiger partial charge in [-0.1, -0.05) is 17.7 Å². The molecule has 0 spiro atoms. The van der Waals surface area contributed by atoms with Crippen molar-refractivity contribution in [2.45, 2.75) is 6.92 Å². The molecule has 2 rings (SSSR count). The molecule has 0 saturated carbocycles. The van der Waals surface area contributed by atoms with Crippen LogP contribution in [0.4, 0.5) is 5.69 Å². The Balaban J connectivity index is 2.34. The SMILES string of the molecule is COc1cc(/C=C(\C#N)C(=O)Nc2cccc(Cl)c2)cc(Br)c1OC(C)=O. The van der Waals surface area contributed by atoms with Crippen LogP contribution in [0, 0.1) is 11.3 Å². The van der Waals surface area contributed by atoms with Gasteiger partial charge in [-0.25, -0.2) is 0 Å². The van der Waals surface area contributed by atoms with Crippen molar-refractivity contribution in [2.24, 2.45) is 0 Å². The van der Waals surface area contributed by atoms with Crippen LogP contribution >= 0.6 is 27.5 Å². The summed E-state index contributed by atoms with van der Waals surface area (Å²) < 4.78 is 10.8. The quantitative estimate of drug-likeness (QED) is 0.312. The molecule has 1 N–H and O–H groups in total. The molecule has 0 heterocycles. The van der Waals surface area contributed by atoms with E-state index in [0.29, 0.717) is 20.7 Å². The minimum absolute atomic E-state index is 0.121. The van der Waals surface area contributed by atoms with Crippen molar-refractivity contribution < 1.29 is 19.1 Å². The van der Waals surface area contributed by atoms with Crippen LogP contribution in [0.15, 0.2) is 46.4 Å². The Labute approximate surface area is 169 Å². The third-order valence-electron chi connectivity index (χ3n) is 3.26. The van der Waals surface area contributed by atoms with Crippen LogP contribution in [0.2, 0.25) is 5.02 Å². The van der Waals surface area contributed by atoms with Crippen LogP contribution in [-0.4, -0.2) is 19.0 Å². The fraction of sp³-hybridized carbons (Fsp3) is 0.105. The van der Waals surface area contributed by atoms with Gasteiger partial charge in [-0.15, -0.1) is 0 Å². The summed E-state index contributed by atoms with van der Waals surface area (Å²) in [5.41, 5.74) is 0.856. The molecule has 0 unspecified atom stereocenters. The average Bonchev–Trinajstić information content (AvgIpc) is 2.61. The first kappa shape index (κ1) is 20.5. The molecule has 0 aliphatic heterocycles. The van der Waals surface area contributed by atoms with Crippen molar-refractivity contribution in [3.05, 3.63) is 57.0 Å². The van der Waals surface area contributed by atoms with Gasteiger partial charge in [-0.3, -0.25) is 9.59 Å². The van der Waals surface area contributed by atoms with E-state index in [1.165, 1.54) is 20.1 Å². The van der Waals surface area contributed by atoms with Crippen LogP contribution < -0.4 is 14.8 Å². The maximum Gasteiger partial charge on any atom is 0.308 e. The molecule has 138 valence electrons. The number of nitriles is 1. The van der Waals surface area contributed by atoms with E-state index in [2.05, 4.69) is 21.2 Å². The summed E-state index contributed by atoms with van der Waals surface area (Å²) in [7, 11) is 1.42. The number of carbonyl (C=O) groups excluding carboxylic acids is 2. The molecule has 2 aromatic rings. The Hall–Kier alpha value is -2.82. The maximum atomic E-state index is 12.4. The van der Waals surface area contributed by atoms with Gasteiger partial charge in [0, 0.05) is 17.6 Å². The maximum absolute atomic E-state index is 12.4. The first-order chi connectivity index (χ1) is 12.8. The highest BCUT2D eigenvalue weighted by Gasteiger charge is 2.15. The number of hydrogen-bond acceptors (Lipinski definition) is 5. The molecule has 1 amide bonds. The lowest BCUT2D eigenvalue weighted by atomic mass is 10.1. The number of hydrogen-bond donors (Lipinski definition) is 1. The Morgan fingerprint density at radius 1 is 1.30 bits per heavy atom. The third-order valence-corrected chi connectivity index (χ3v) is 4.08. The third kappa shape index (κ3) is 5.58. The molecule has 8 heteroatoms. The van der Waals surface area contributed by atoms with Crippen molar-refractivity contribution in [3.63, 3.8) is 0 Å². The van der Waals surface area contributed by atoms with Crippen molar-refractivity contribution >= 4 is 51.2 Å². The van der Waals surface area contributed by atoms with Gasteiger partial charge in [0.15, 0.2) is 11.5 Å². The van der Waals surface area contributed by atoms with Gasteiger partial charge in [-0.05, 0) is 57.9 Å². The number of ether oxygens (including phenoxy) is 2. The topological polar surface area (TPSA) is 88.4 Å². The molecular formula is C19H14BrClN2O4. The Bertz CT molecular complexity index is 967. The first-order valence-electron chi connectivity index (χ1n) is 7.58. The lowest BCUT2D eigenvalue weighted by Gasteiger charge is -2.11. The number of halogens is 2. The second-order valence-corrected chi connectivity index (χ2v) is 6.55. The van der Waals surface area contributed by atoms with Crippen LogP contribution in [0.1, 0.15) is 12.5 Å². The predicted molar refractivity (Wildman–Crippen MR) is 106 cm³/mol. The molecule has 0 atom stereocenters. The number of carbonyl (C=O) groups is 2. The number of anilines is 1. The van der Waals surface area contributed by atoms with Gasteiger partial charge >= 0.3 is 5.97 Å². The van der Waals surface area contributed by atoms with E-state index in [1.54, 1.807) is 36.4 Å². The van der Waals surface area contributed by atoms with E-state index in [4.69, 9.17) is 21.1 Å². The summed E-state index contributed by atoms with van der Waals surface area (Å²) in [5, 5.41) is 12.4. The van der Waals surface area contributed by atoms with Crippen molar-refractivity contribution in [2.75, 3.05) is 12.4 Å². The highest BCUT2D eigenvalue weighted by atomic mass is 79.9. The smallest absolute Gasteiger partial charge is 0.308 e. The lowest BCUT2D eigenvalue weighted by Crippen LogP contribution is -2.13. The molecule has 6 nitrogen and oxygen atoms in total. The molecule has 0 aromatic heterocycles. The number of esters is 1. The van der Waals surface area contributed by atoms with E-state index < -0.39 is 11.9 Å². The fourth-order valence-electron chi connectivity index (χ4n) is 2.15. The molecule has 2 aromatic carbocycles. The van der Waals surface area contributed by atoms with Gasteiger partial charge in [0.25, 0.3) is 5.91 Å². The summed E-state index contributed by atoms with van der Waals surface area (Å²) in [6.45, 7) is 1.27. The minimum atomic E-state index is -0.584. The van der Waals surface area contributed by atoms with E-state index in [0.717, 1.165) is 0 Å². The number of amides is 1. The molecular weight excluding hydrogens is 436 g/mol. The number of rotatable bonds is 5.